The summed E-state index contributed by atoms with van der Waals surface area (Å²) in [5, 5.41) is 15.4. The van der Waals surface area contributed by atoms with E-state index in [9.17, 15) is 4.79 Å². The van der Waals surface area contributed by atoms with E-state index in [4.69, 9.17) is 5.11 Å². The Morgan fingerprint density at radius 1 is 1.50 bits per heavy atom. The zero-order chi connectivity index (χ0) is 14.1. The summed E-state index contributed by atoms with van der Waals surface area (Å²) < 4.78 is 1.88. The Bertz CT molecular complexity index is 632. The summed E-state index contributed by atoms with van der Waals surface area (Å²) in [5.74, 6) is 0.129. The molecule has 2 aromatic rings. The van der Waals surface area contributed by atoms with Gasteiger partial charge in [0.1, 0.15) is 0 Å². The quantitative estimate of drug-likeness (QED) is 0.851. The van der Waals surface area contributed by atoms with E-state index in [1.807, 2.05) is 16.9 Å². The van der Waals surface area contributed by atoms with Crippen LogP contribution in [0.2, 0.25) is 0 Å². The number of hydrogen-bond acceptors (Lipinski definition) is 5. The van der Waals surface area contributed by atoms with Crippen molar-refractivity contribution in [1.82, 2.24) is 14.7 Å². The molecule has 1 N–H and O–H groups in total. The van der Waals surface area contributed by atoms with E-state index in [0.717, 1.165) is 24.5 Å². The van der Waals surface area contributed by atoms with Crippen LogP contribution in [0.5, 0.6) is 0 Å². The van der Waals surface area contributed by atoms with Gasteiger partial charge in [0.15, 0.2) is 5.78 Å². The summed E-state index contributed by atoms with van der Waals surface area (Å²) in [7, 11) is 0. The van der Waals surface area contributed by atoms with E-state index >= 15 is 0 Å². The van der Waals surface area contributed by atoms with E-state index < -0.39 is 0 Å². The van der Waals surface area contributed by atoms with Crippen LogP contribution >= 0.6 is 11.3 Å². The van der Waals surface area contributed by atoms with Gasteiger partial charge in [-0.3, -0.25) is 14.4 Å². The first-order chi connectivity index (χ1) is 9.67. The minimum absolute atomic E-state index is 0.112. The smallest absolute Gasteiger partial charge is 0.169 e. The first kappa shape index (κ1) is 13.5. The van der Waals surface area contributed by atoms with Gasteiger partial charge in [-0.25, -0.2) is 0 Å². The zero-order valence-corrected chi connectivity index (χ0v) is 12.2. The zero-order valence-electron chi connectivity index (χ0n) is 11.4. The molecule has 0 aliphatic carbocycles. The fourth-order valence-corrected chi connectivity index (χ4v) is 3.38. The Labute approximate surface area is 121 Å². The van der Waals surface area contributed by atoms with Crippen molar-refractivity contribution in [3.63, 3.8) is 0 Å². The maximum Gasteiger partial charge on any atom is 0.169 e. The third kappa shape index (κ3) is 2.54. The molecule has 0 radical (unpaired) electrons. The number of aliphatic hydroxyl groups excluding tert-OH is 1. The fraction of sp³-hybridized carbons (Fsp3) is 0.429. The summed E-state index contributed by atoms with van der Waals surface area (Å²) in [6.07, 6.45) is 1.89. The van der Waals surface area contributed by atoms with Crippen LogP contribution in [-0.2, 0) is 26.2 Å². The van der Waals surface area contributed by atoms with Gasteiger partial charge in [-0.15, -0.1) is 11.3 Å². The molecule has 20 heavy (non-hydrogen) atoms. The predicted molar refractivity (Wildman–Crippen MR) is 76.6 cm³/mol. The number of rotatable bonds is 5. The molecular weight excluding hydrogens is 274 g/mol. The molecule has 106 valence electrons. The lowest BCUT2D eigenvalue weighted by molar-refractivity contribution is 0.102. The van der Waals surface area contributed by atoms with Crippen molar-refractivity contribution in [2.24, 2.45) is 0 Å². The Morgan fingerprint density at radius 2 is 2.35 bits per heavy atom. The number of hydrogen-bond donors (Lipinski definition) is 1. The van der Waals surface area contributed by atoms with Crippen molar-refractivity contribution in [3.8, 4) is 0 Å². The molecule has 0 amide bonds. The summed E-state index contributed by atoms with van der Waals surface area (Å²) in [6, 6.07) is 1.98. The molecule has 6 heteroatoms. The molecule has 1 aliphatic heterocycles. The number of fused-ring (bicyclic) bond motifs is 1. The number of aromatic nitrogens is 2. The van der Waals surface area contributed by atoms with Gasteiger partial charge in [0.05, 0.1) is 29.9 Å². The van der Waals surface area contributed by atoms with Crippen molar-refractivity contribution in [3.05, 3.63) is 39.3 Å². The Hall–Kier alpha value is -1.50. The molecule has 5 nitrogen and oxygen atoms in total. The van der Waals surface area contributed by atoms with Crippen LogP contribution in [-0.4, -0.2) is 32.2 Å². The standard InChI is InChI=1S/C14H17N3O2S/c1-10(19)14-4-11(9-20-14)6-16-7-12-5-15-17(2-3-18)13(12)8-16/h4-5,9,18H,2-3,6-8H2,1H3. The number of thiophene rings is 1. The highest BCUT2D eigenvalue weighted by Crippen LogP contribution is 2.25. The van der Waals surface area contributed by atoms with Gasteiger partial charge in [-0.1, -0.05) is 0 Å². The van der Waals surface area contributed by atoms with Crippen molar-refractivity contribution in [2.45, 2.75) is 33.1 Å². The second kappa shape index (κ2) is 5.47. The van der Waals surface area contributed by atoms with Gasteiger partial charge in [0.25, 0.3) is 0 Å². The second-order valence-electron chi connectivity index (χ2n) is 5.08. The summed E-state index contributed by atoms with van der Waals surface area (Å²) in [5.41, 5.74) is 3.62. The predicted octanol–water partition coefficient (Wildman–Crippen LogP) is 1.66. The molecule has 0 fully saturated rings. The monoisotopic (exact) mass is 291 g/mol. The largest absolute Gasteiger partial charge is 0.394 e. The average Bonchev–Trinajstić information content (AvgIpc) is 3.08. The SMILES string of the molecule is CC(=O)c1cc(CN2Cc3cnn(CCO)c3C2)cs1. The van der Waals surface area contributed by atoms with Crippen molar-refractivity contribution >= 4 is 17.1 Å². The topological polar surface area (TPSA) is 58.4 Å². The van der Waals surface area contributed by atoms with E-state index in [1.54, 1.807) is 6.92 Å². The lowest BCUT2D eigenvalue weighted by Crippen LogP contribution is -2.17. The van der Waals surface area contributed by atoms with Crippen molar-refractivity contribution in [2.75, 3.05) is 6.61 Å². The normalized spacial score (nSPS) is 14.7. The number of carbonyl (C=O) groups is 1. The highest BCUT2D eigenvalue weighted by molar-refractivity contribution is 7.12. The first-order valence-corrected chi connectivity index (χ1v) is 7.50. The molecule has 3 heterocycles. The van der Waals surface area contributed by atoms with Gasteiger partial charge in [0, 0.05) is 25.2 Å². The van der Waals surface area contributed by atoms with Crippen molar-refractivity contribution < 1.29 is 9.90 Å². The Balaban J connectivity index is 1.67. The van der Waals surface area contributed by atoms with Crippen LogP contribution in [0.4, 0.5) is 0 Å². The maximum absolute atomic E-state index is 11.3. The molecule has 1 aliphatic rings. The van der Waals surface area contributed by atoms with E-state index in [-0.39, 0.29) is 12.4 Å². The molecule has 3 rings (SSSR count). The minimum atomic E-state index is 0.112. The van der Waals surface area contributed by atoms with Gasteiger partial charge in [-0.05, 0) is 23.9 Å². The van der Waals surface area contributed by atoms with Gasteiger partial charge >= 0.3 is 0 Å². The summed E-state index contributed by atoms with van der Waals surface area (Å²) >= 11 is 1.51. The molecule has 0 unspecified atom stereocenters. The first-order valence-electron chi connectivity index (χ1n) is 6.62. The highest BCUT2D eigenvalue weighted by Gasteiger charge is 2.23. The summed E-state index contributed by atoms with van der Waals surface area (Å²) in [4.78, 5) is 14.5. The molecule has 0 atom stereocenters. The fourth-order valence-electron chi connectivity index (χ4n) is 2.57. The molecule has 0 spiro atoms. The number of Topliss-reactive ketones (excluding diaryl/α,β-unsaturated/α-hetero) is 1. The van der Waals surface area contributed by atoms with E-state index in [2.05, 4.69) is 15.4 Å². The minimum Gasteiger partial charge on any atom is -0.394 e. The third-order valence-corrected chi connectivity index (χ3v) is 4.60. The Kier molecular flexibility index (Phi) is 3.69. The van der Waals surface area contributed by atoms with Gasteiger partial charge in [-0.2, -0.15) is 5.10 Å². The van der Waals surface area contributed by atoms with E-state index in [1.165, 1.54) is 28.2 Å². The van der Waals surface area contributed by atoms with Crippen LogP contribution in [0.1, 0.15) is 33.4 Å². The molecular formula is C14H17N3O2S. The number of nitrogens with zero attached hydrogens (tertiary/aromatic N) is 3. The van der Waals surface area contributed by atoms with Crippen LogP contribution in [0.3, 0.4) is 0 Å². The Morgan fingerprint density at radius 3 is 3.05 bits per heavy atom. The third-order valence-electron chi connectivity index (χ3n) is 3.52. The second-order valence-corrected chi connectivity index (χ2v) is 6.00. The van der Waals surface area contributed by atoms with Crippen LogP contribution in [0.15, 0.2) is 17.6 Å². The lowest BCUT2D eigenvalue weighted by atomic mass is 10.2. The van der Waals surface area contributed by atoms with E-state index in [0.29, 0.717) is 6.54 Å². The number of ketones is 1. The molecule has 0 aromatic carbocycles. The molecule has 2 aromatic heterocycles. The summed E-state index contributed by atoms with van der Waals surface area (Å²) in [6.45, 7) is 4.84. The van der Waals surface area contributed by atoms with Crippen LogP contribution in [0, 0.1) is 0 Å². The van der Waals surface area contributed by atoms with Crippen molar-refractivity contribution in [1.29, 1.82) is 0 Å². The van der Waals surface area contributed by atoms with Gasteiger partial charge < -0.3 is 5.11 Å². The number of carbonyl (C=O) groups excluding carboxylic acids is 1. The number of aliphatic hydroxyl groups is 1. The maximum atomic E-state index is 11.3. The molecule has 0 saturated heterocycles. The van der Waals surface area contributed by atoms with Crippen LogP contribution < -0.4 is 0 Å². The van der Waals surface area contributed by atoms with Crippen LogP contribution in [0.25, 0.3) is 0 Å². The van der Waals surface area contributed by atoms with Gasteiger partial charge in [0.2, 0.25) is 0 Å². The highest BCUT2D eigenvalue weighted by atomic mass is 32.1. The molecule has 0 saturated carbocycles. The lowest BCUT2D eigenvalue weighted by Gasteiger charge is -2.14. The molecule has 0 bridgehead atoms. The average molecular weight is 291 g/mol.